The lowest BCUT2D eigenvalue weighted by Gasteiger charge is -2.12. The first-order chi connectivity index (χ1) is 13.1. The van der Waals surface area contributed by atoms with E-state index < -0.39 is 0 Å². The van der Waals surface area contributed by atoms with Crippen molar-refractivity contribution in [3.05, 3.63) is 78.4 Å². The van der Waals surface area contributed by atoms with Gasteiger partial charge in [0.15, 0.2) is 0 Å². The van der Waals surface area contributed by atoms with E-state index in [2.05, 4.69) is 46.7 Å². The van der Waals surface area contributed by atoms with Crippen molar-refractivity contribution in [2.75, 3.05) is 0 Å². The van der Waals surface area contributed by atoms with E-state index >= 15 is 0 Å². The third-order valence-electron chi connectivity index (χ3n) is 4.51. The Kier molecular flexibility index (Phi) is 10.5. The lowest BCUT2D eigenvalue weighted by molar-refractivity contribution is -0.121. The standard InChI is InChI=1S/C22H26N4O.2ClH/c1-17(23)6-11-22(27)25-14-20-4-2-3-5-21(20)19-9-7-18(8-10-19)15-26-13-12-24-16-26;;/h2-5,7-10,12-13,16-17H,6,11,14-15,23H2,1H3,(H,25,27);2*1H. The Morgan fingerprint density at radius 1 is 1.14 bits per heavy atom. The molecule has 0 aliphatic carbocycles. The Hall–Kier alpha value is -2.34. The van der Waals surface area contributed by atoms with Gasteiger partial charge in [-0.25, -0.2) is 4.98 Å². The average Bonchev–Trinajstić information content (AvgIpc) is 3.18. The third-order valence-corrected chi connectivity index (χ3v) is 4.51. The van der Waals surface area contributed by atoms with E-state index in [-0.39, 0.29) is 36.8 Å². The summed E-state index contributed by atoms with van der Waals surface area (Å²) in [5.41, 5.74) is 10.3. The second-order valence-corrected chi connectivity index (χ2v) is 6.88. The third kappa shape index (κ3) is 7.54. The molecule has 0 saturated heterocycles. The number of hydrogen-bond acceptors (Lipinski definition) is 3. The summed E-state index contributed by atoms with van der Waals surface area (Å²) in [4.78, 5) is 16.1. The number of nitrogens with two attached hydrogens (primary N) is 1. The van der Waals surface area contributed by atoms with Crippen molar-refractivity contribution in [1.29, 1.82) is 0 Å². The van der Waals surface area contributed by atoms with Crippen LogP contribution < -0.4 is 11.1 Å². The number of carbonyl (C=O) groups excluding carboxylic acids is 1. The zero-order valence-electron chi connectivity index (χ0n) is 16.5. The monoisotopic (exact) mass is 434 g/mol. The summed E-state index contributed by atoms with van der Waals surface area (Å²) in [5.74, 6) is 0.0396. The van der Waals surface area contributed by atoms with Crippen LogP contribution in [0.3, 0.4) is 0 Å². The van der Waals surface area contributed by atoms with Gasteiger partial charge in [-0.3, -0.25) is 4.79 Å². The SMILES string of the molecule is CC(N)CCC(=O)NCc1ccccc1-c1ccc(Cn2ccnc2)cc1.Cl.Cl. The molecule has 1 atom stereocenters. The van der Waals surface area contributed by atoms with Crippen molar-refractivity contribution in [2.24, 2.45) is 5.73 Å². The van der Waals surface area contributed by atoms with Crippen molar-refractivity contribution < 1.29 is 4.79 Å². The fraction of sp³-hybridized carbons (Fsp3) is 0.273. The Bertz CT molecular complexity index is 865. The van der Waals surface area contributed by atoms with E-state index in [1.807, 2.05) is 36.1 Å². The van der Waals surface area contributed by atoms with Crippen LogP contribution in [0.15, 0.2) is 67.3 Å². The highest BCUT2D eigenvalue weighted by Gasteiger charge is 2.08. The highest BCUT2D eigenvalue weighted by Crippen LogP contribution is 2.24. The Morgan fingerprint density at radius 2 is 1.86 bits per heavy atom. The van der Waals surface area contributed by atoms with Gasteiger partial charge in [0.25, 0.3) is 0 Å². The molecule has 0 saturated carbocycles. The van der Waals surface area contributed by atoms with Gasteiger partial charge in [-0.15, -0.1) is 24.8 Å². The van der Waals surface area contributed by atoms with Gasteiger partial charge in [0, 0.05) is 37.9 Å². The predicted octanol–water partition coefficient (Wildman–Crippen LogP) is 4.19. The first-order valence-corrected chi connectivity index (χ1v) is 9.27. The van der Waals surface area contributed by atoms with Crippen LogP contribution >= 0.6 is 24.8 Å². The number of rotatable bonds is 8. The summed E-state index contributed by atoms with van der Waals surface area (Å²) in [5, 5.41) is 3.00. The number of halogens is 2. The number of nitrogens with zero attached hydrogens (tertiary/aromatic N) is 2. The number of carbonyl (C=O) groups is 1. The van der Waals surface area contributed by atoms with Crippen molar-refractivity contribution in [3.8, 4) is 11.1 Å². The van der Waals surface area contributed by atoms with Crippen LogP contribution in [0, 0.1) is 0 Å². The molecule has 3 N–H and O–H groups in total. The van der Waals surface area contributed by atoms with Crippen molar-refractivity contribution >= 4 is 30.7 Å². The number of amides is 1. The molecule has 0 aliphatic heterocycles. The summed E-state index contributed by atoms with van der Waals surface area (Å²) in [6, 6.07) is 16.7. The molecule has 156 valence electrons. The average molecular weight is 435 g/mol. The van der Waals surface area contributed by atoms with E-state index in [0.717, 1.165) is 23.2 Å². The van der Waals surface area contributed by atoms with Crippen molar-refractivity contribution in [1.82, 2.24) is 14.9 Å². The van der Waals surface area contributed by atoms with E-state index in [1.54, 1.807) is 6.20 Å². The second kappa shape index (κ2) is 12.3. The van der Waals surface area contributed by atoms with Gasteiger partial charge in [-0.1, -0.05) is 48.5 Å². The van der Waals surface area contributed by atoms with E-state index in [1.165, 1.54) is 5.56 Å². The van der Waals surface area contributed by atoms with Crippen LogP contribution in [0.25, 0.3) is 11.1 Å². The number of imidazole rings is 1. The minimum Gasteiger partial charge on any atom is -0.352 e. The van der Waals surface area contributed by atoms with Crippen molar-refractivity contribution in [2.45, 2.75) is 38.9 Å². The molecule has 1 unspecified atom stereocenters. The molecule has 2 aromatic carbocycles. The second-order valence-electron chi connectivity index (χ2n) is 6.88. The topological polar surface area (TPSA) is 72.9 Å². The van der Waals surface area contributed by atoms with E-state index in [0.29, 0.717) is 19.4 Å². The van der Waals surface area contributed by atoms with Gasteiger partial charge in [0.05, 0.1) is 6.33 Å². The largest absolute Gasteiger partial charge is 0.352 e. The molecule has 1 amide bonds. The van der Waals surface area contributed by atoms with E-state index in [9.17, 15) is 4.79 Å². The number of nitrogens with one attached hydrogen (secondary N) is 1. The molecular formula is C22H28Cl2N4O. The van der Waals surface area contributed by atoms with Gasteiger partial charge in [0.1, 0.15) is 0 Å². The molecule has 0 bridgehead atoms. The maximum absolute atomic E-state index is 12.0. The summed E-state index contributed by atoms with van der Waals surface area (Å²) in [7, 11) is 0. The number of aromatic nitrogens is 2. The molecule has 1 heterocycles. The fourth-order valence-electron chi connectivity index (χ4n) is 2.98. The van der Waals surface area contributed by atoms with Crippen LogP contribution in [0.2, 0.25) is 0 Å². The smallest absolute Gasteiger partial charge is 0.220 e. The van der Waals surface area contributed by atoms with Gasteiger partial charge in [0.2, 0.25) is 5.91 Å². The quantitative estimate of drug-likeness (QED) is 0.558. The van der Waals surface area contributed by atoms with Crippen LogP contribution in [-0.2, 0) is 17.9 Å². The first kappa shape index (κ1) is 24.7. The highest BCUT2D eigenvalue weighted by atomic mass is 35.5. The Morgan fingerprint density at radius 3 is 2.52 bits per heavy atom. The van der Waals surface area contributed by atoms with Crippen LogP contribution in [0.1, 0.15) is 30.9 Å². The number of hydrogen-bond donors (Lipinski definition) is 2. The molecule has 29 heavy (non-hydrogen) atoms. The van der Waals surface area contributed by atoms with Crippen LogP contribution in [0.5, 0.6) is 0 Å². The molecule has 0 fully saturated rings. The molecular weight excluding hydrogens is 407 g/mol. The minimum atomic E-state index is 0. The zero-order chi connectivity index (χ0) is 19.1. The summed E-state index contributed by atoms with van der Waals surface area (Å²) in [6.07, 6.45) is 6.72. The van der Waals surface area contributed by atoms with Crippen molar-refractivity contribution in [3.63, 3.8) is 0 Å². The van der Waals surface area contributed by atoms with Gasteiger partial charge >= 0.3 is 0 Å². The summed E-state index contributed by atoms with van der Waals surface area (Å²) < 4.78 is 2.04. The summed E-state index contributed by atoms with van der Waals surface area (Å²) >= 11 is 0. The lowest BCUT2D eigenvalue weighted by Crippen LogP contribution is -2.25. The molecule has 0 spiro atoms. The van der Waals surface area contributed by atoms with E-state index in [4.69, 9.17) is 5.73 Å². The highest BCUT2D eigenvalue weighted by molar-refractivity contribution is 5.85. The molecule has 3 rings (SSSR count). The van der Waals surface area contributed by atoms with Gasteiger partial charge in [-0.05, 0) is 35.6 Å². The molecule has 0 aliphatic rings. The maximum atomic E-state index is 12.0. The molecule has 7 heteroatoms. The first-order valence-electron chi connectivity index (χ1n) is 9.27. The van der Waals surface area contributed by atoms with Gasteiger partial charge in [-0.2, -0.15) is 0 Å². The molecule has 1 aromatic heterocycles. The predicted molar refractivity (Wildman–Crippen MR) is 122 cm³/mol. The van der Waals surface area contributed by atoms with Crippen LogP contribution in [-0.4, -0.2) is 21.5 Å². The Labute approximate surface area is 184 Å². The van der Waals surface area contributed by atoms with Gasteiger partial charge < -0.3 is 15.6 Å². The fourth-order valence-corrected chi connectivity index (χ4v) is 2.98. The maximum Gasteiger partial charge on any atom is 0.220 e. The zero-order valence-corrected chi connectivity index (χ0v) is 18.1. The summed E-state index contributed by atoms with van der Waals surface area (Å²) in [6.45, 7) is 3.24. The van der Waals surface area contributed by atoms with Crippen LogP contribution in [0.4, 0.5) is 0 Å². The molecule has 5 nitrogen and oxygen atoms in total. The normalized spacial score (nSPS) is 11.1. The Balaban J connectivity index is 0.00000210. The molecule has 0 radical (unpaired) electrons. The molecule has 3 aromatic rings. The number of benzene rings is 2. The minimum absolute atomic E-state index is 0. The lowest BCUT2D eigenvalue weighted by atomic mass is 9.98.